The van der Waals surface area contributed by atoms with Gasteiger partial charge in [0.05, 0.1) is 5.41 Å². The Morgan fingerprint density at radius 3 is 2.24 bits per heavy atom. The Morgan fingerprint density at radius 2 is 1.82 bits per heavy atom. The molecule has 1 heterocycles. The van der Waals surface area contributed by atoms with Gasteiger partial charge in [0.15, 0.2) is 5.82 Å². The van der Waals surface area contributed by atoms with Crippen LogP contribution in [0.15, 0.2) is 4.52 Å². The fourth-order valence-electron chi connectivity index (χ4n) is 3.34. The number of hydrogen-bond donors (Lipinski definition) is 1. The third kappa shape index (κ3) is 1.41. The van der Waals surface area contributed by atoms with Crippen LogP contribution in [0.2, 0.25) is 0 Å². The highest BCUT2D eigenvalue weighted by Crippen LogP contribution is 2.57. The Labute approximate surface area is 99.2 Å². The molecule has 1 aromatic heterocycles. The van der Waals surface area contributed by atoms with Crippen molar-refractivity contribution >= 4 is 5.97 Å². The first-order valence-electron chi connectivity index (χ1n) is 6.11. The van der Waals surface area contributed by atoms with Crippen LogP contribution < -0.4 is 0 Å². The van der Waals surface area contributed by atoms with Crippen molar-refractivity contribution in [3.63, 3.8) is 0 Å². The molecule has 0 radical (unpaired) electrons. The minimum Gasteiger partial charge on any atom is -0.481 e. The number of hydrogen-bond acceptors (Lipinski definition) is 4. The monoisotopic (exact) mass is 236 g/mol. The molecule has 92 valence electrons. The molecule has 3 saturated carbocycles. The predicted molar refractivity (Wildman–Crippen MR) is 58.5 cm³/mol. The van der Waals surface area contributed by atoms with Gasteiger partial charge in [0, 0.05) is 5.41 Å². The van der Waals surface area contributed by atoms with Crippen molar-refractivity contribution in [1.82, 2.24) is 10.1 Å². The largest absolute Gasteiger partial charge is 0.481 e. The fourth-order valence-corrected chi connectivity index (χ4v) is 3.34. The highest BCUT2D eigenvalue weighted by Gasteiger charge is 2.55. The van der Waals surface area contributed by atoms with E-state index in [0.29, 0.717) is 11.7 Å². The second-order valence-electron chi connectivity index (χ2n) is 5.51. The number of carbonyl (C=O) groups is 1. The van der Waals surface area contributed by atoms with Crippen LogP contribution in [-0.2, 0) is 10.2 Å². The van der Waals surface area contributed by atoms with E-state index < -0.39 is 11.4 Å². The van der Waals surface area contributed by atoms with Crippen molar-refractivity contribution in [3.05, 3.63) is 11.7 Å². The summed E-state index contributed by atoms with van der Waals surface area (Å²) in [7, 11) is 0. The molecule has 5 nitrogen and oxygen atoms in total. The summed E-state index contributed by atoms with van der Waals surface area (Å²) in [5.41, 5.74) is -0.519. The van der Waals surface area contributed by atoms with Crippen LogP contribution in [0.5, 0.6) is 0 Å². The maximum Gasteiger partial charge on any atom is 0.309 e. The van der Waals surface area contributed by atoms with Gasteiger partial charge in [0.2, 0.25) is 5.89 Å². The van der Waals surface area contributed by atoms with Crippen LogP contribution in [-0.4, -0.2) is 21.2 Å². The minimum absolute atomic E-state index is 0.0432. The van der Waals surface area contributed by atoms with E-state index in [-0.39, 0.29) is 5.41 Å². The normalized spacial score (nSPS) is 36.1. The van der Waals surface area contributed by atoms with Gasteiger partial charge in [0.1, 0.15) is 0 Å². The number of carboxylic acid groups (broad SMARTS) is 1. The maximum atomic E-state index is 11.3. The molecule has 3 aliphatic rings. The molecule has 2 bridgehead atoms. The lowest BCUT2D eigenvalue weighted by Gasteiger charge is -2.49. The van der Waals surface area contributed by atoms with E-state index >= 15 is 0 Å². The predicted octanol–water partition coefficient (Wildman–Crippen LogP) is 2.05. The highest BCUT2D eigenvalue weighted by atomic mass is 16.5. The quantitative estimate of drug-likeness (QED) is 0.850. The number of rotatable bonds is 2. The summed E-state index contributed by atoms with van der Waals surface area (Å²) in [5, 5.41) is 13.2. The number of aromatic nitrogens is 2. The van der Waals surface area contributed by atoms with Crippen molar-refractivity contribution in [1.29, 1.82) is 0 Å². The standard InChI is InChI=1S/C12H16N2O3/c1-8-13-9(17-14-8)11-2-5-12(6-3-11,7-4-11)10(15)16/h2-7H2,1H3,(H,15,16). The van der Waals surface area contributed by atoms with E-state index in [1.807, 2.05) is 6.92 Å². The molecular weight excluding hydrogens is 220 g/mol. The lowest BCUT2D eigenvalue weighted by molar-refractivity contribution is -0.156. The summed E-state index contributed by atoms with van der Waals surface area (Å²) in [4.78, 5) is 15.7. The molecule has 1 N–H and O–H groups in total. The summed E-state index contributed by atoms with van der Waals surface area (Å²) in [6, 6.07) is 0. The van der Waals surface area contributed by atoms with Gasteiger partial charge in [0.25, 0.3) is 0 Å². The molecule has 0 saturated heterocycles. The van der Waals surface area contributed by atoms with Crippen molar-refractivity contribution in [2.45, 2.75) is 50.9 Å². The third-order valence-electron chi connectivity index (χ3n) is 4.68. The SMILES string of the molecule is Cc1noc(C23CCC(C(=O)O)(CC2)CC3)n1. The molecule has 0 atom stereocenters. The summed E-state index contributed by atoms with van der Waals surface area (Å²) in [6.07, 6.45) is 4.81. The molecule has 0 aliphatic heterocycles. The van der Waals surface area contributed by atoms with Crippen LogP contribution >= 0.6 is 0 Å². The molecule has 0 unspecified atom stereocenters. The molecule has 0 aromatic carbocycles. The lowest BCUT2D eigenvalue weighted by Crippen LogP contribution is -2.48. The Hall–Kier alpha value is -1.39. The van der Waals surface area contributed by atoms with Gasteiger partial charge < -0.3 is 9.63 Å². The average Bonchev–Trinajstić information content (AvgIpc) is 2.79. The molecular formula is C12H16N2O3. The summed E-state index contributed by atoms with van der Waals surface area (Å²) in [5.74, 6) is 0.746. The van der Waals surface area contributed by atoms with Gasteiger partial charge in [-0.25, -0.2) is 0 Å². The van der Waals surface area contributed by atoms with Gasteiger partial charge >= 0.3 is 5.97 Å². The summed E-state index contributed by atoms with van der Waals surface area (Å²) < 4.78 is 5.31. The zero-order valence-corrected chi connectivity index (χ0v) is 9.90. The van der Waals surface area contributed by atoms with Crippen LogP contribution in [0, 0.1) is 12.3 Å². The van der Waals surface area contributed by atoms with E-state index in [4.69, 9.17) is 4.52 Å². The number of nitrogens with zero attached hydrogens (tertiary/aromatic N) is 2. The Morgan fingerprint density at radius 1 is 1.24 bits per heavy atom. The fraction of sp³-hybridized carbons (Fsp3) is 0.750. The van der Waals surface area contributed by atoms with Gasteiger partial charge in [-0.1, -0.05) is 5.16 Å². The average molecular weight is 236 g/mol. The molecule has 3 aliphatic carbocycles. The van der Waals surface area contributed by atoms with Gasteiger partial charge in [-0.2, -0.15) is 4.98 Å². The molecule has 17 heavy (non-hydrogen) atoms. The van der Waals surface area contributed by atoms with Crippen molar-refractivity contribution in [3.8, 4) is 0 Å². The first-order valence-corrected chi connectivity index (χ1v) is 6.11. The van der Waals surface area contributed by atoms with Crippen LogP contribution in [0.4, 0.5) is 0 Å². The molecule has 1 aromatic rings. The molecule has 0 amide bonds. The second kappa shape index (κ2) is 3.31. The van der Waals surface area contributed by atoms with Crippen LogP contribution in [0.1, 0.15) is 50.2 Å². The first-order chi connectivity index (χ1) is 8.06. The Balaban J connectivity index is 1.89. The number of fused-ring (bicyclic) bond motifs is 3. The first kappa shape index (κ1) is 10.7. The molecule has 3 fully saturated rings. The summed E-state index contributed by atoms with van der Waals surface area (Å²) in [6.45, 7) is 1.82. The van der Waals surface area contributed by atoms with Crippen LogP contribution in [0.25, 0.3) is 0 Å². The zero-order chi connectivity index (χ0) is 12.1. The van der Waals surface area contributed by atoms with Gasteiger partial charge in [-0.05, 0) is 45.4 Å². The molecule has 4 rings (SSSR count). The topological polar surface area (TPSA) is 76.2 Å². The van der Waals surface area contributed by atoms with Crippen molar-refractivity contribution in [2.24, 2.45) is 5.41 Å². The van der Waals surface area contributed by atoms with Crippen LogP contribution in [0.3, 0.4) is 0 Å². The van der Waals surface area contributed by atoms with Crippen molar-refractivity contribution < 1.29 is 14.4 Å². The number of carboxylic acids is 1. The van der Waals surface area contributed by atoms with E-state index in [1.54, 1.807) is 0 Å². The Bertz CT molecular complexity index is 442. The number of aliphatic carboxylic acids is 1. The van der Waals surface area contributed by atoms with E-state index in [1.165, 1.54) is 0 Å². The highest BCUT2D eigenvalue weighted by molar-refractivity contribution is 5.75. The van der Waals surface area contributed by atoms with E-state index in [2.05, 4.69) is 10.1 Å². The second-order valence-corrected chi connectivity index (χ2v) is 5.51. The van der Waals surface area contributed by atoms with Gasteiger partial charge in [-0.3, -0.25) is 4.79 Å². The van der Waals surface area contributed by atoms with Crippen molar-refractivity contribution in [2.75, 3.05) is 0 Å². The Kier molecular flexibility index (Phi) is 2.09. The smallest absolute Gasteiger partial charge is 0.309 e. The molecule has 0 spiro atoms. The maximum absolute atomic E-state index is 11.3. The van der Waals surface area contributed by atoms with E-state index in [9.17, 15) is 9.90 Å². The number of aryl methyl sites for hydroxylation is 1. The minimum atomic E-state index is -0.632. The zero-order valence-electron chi connectivity index (χ0n) is 9.90. The van der Waals surface area contributed by atoms with Gasteiger partial charge in [-0.15, -0.1) is 0 Å². The third-order valence-corrected chi connectivity index (χ3v) is 4.68. The summed E-state index contributed by atoms with van der Waals surface area (Å²) >= 11 is 0. The van der Waals surface area contributed by atoms with E-state index in [0.717, 1.165) is 38.5 Å². The molecule has 5 heteroatoms. The lowest BCUT2D eigenvalue weighted by atomic mass is 9.53.